The third-order valence-corrected chi connectivity index (χ3v) is 5.69. The molecule has 6 heteroatoms. The first-order valence-electron chi connectivity index (χ1n) is 8.61. The molecule has 27 heavy (non-hydrogen) atoms. The summed E-state index contributed by atoms with van der Waals surface area (Å²) in [5.74, 6) is 1.97. The first-order chi connectivity index (χ1) is 13.1. The Kier molecular flexibility index (Phi) is 5.01. The molecule has 4 rings (SSSR count). The van der Waals surface area contributed by atoms with Crippen LogP contribution >= 0.6 is 24.0 Å². The summed E-state index contributed by atoms with van der Waals surface area (Å²) in [5, 5.41) is 0. The highest BCUT2D eigenvalue weighted by molar-refractivity contribution is 8.26. The van der Waals surface area contributed by atoms with Gasteiger partial charge in [0, 0.05) is 11.6 Å². The van der Waals surface area contributed by atoms with Crippen molar-refractivity contribution in [1.82, 2.24) is 4.90 Å². The third-order valence-electron chi connectivity index (χ3n) is 4.31. The van der Waals surface area contributed by atoms with Gasteiger partial charge in [0.05, 0.1) is 17.7 Å². The fourth-order valence-electron chi connectivity index (χ4n) is 2.81. The molecule has 0 radical (unpaired) electrons. The molecule has 2 aromatic heterocycles. The average Bonchev–Trinajstić information content (AvgIpc) is 3.41. The zero-order chi connectivity index (χ0) is 18.8. The second-order valence-electron chi connectivity index (χ2n) is 6.10. The number of carbonyl (C=O) groups is 1. The fraction of sp³-hybridized carbons (Fsp3) is 0.143. The number of aryl methyl sites for hydroxylation is 1. The molecule has 0 atom stereocenters. The van der Waals surface area contributed by atoms with Gasteiger partial charge in [0.1, 0.15) is 21.6 Å². The van der Waals surface area contributed by atoms with Crippen LogP contribution in [0.3, 0.4) is 0 Å². The predicted molar refractivity (Wildman–Crippen MR) is 111 cm³/mol. The van der Waals surface area contributed by atoms with E-state index >= 15 is 0 Å². The van der Waals surface area contributed by atoms with Crippen molar-refractivity contribution in [2.45, 2.75) is 19.9 Å². The van der Waals surface area contributed by atoms with Gasteiger partial charge in [-0.15, -0.1) is 0 Å². The SMILES string of the molecule is CCc1ccc(-c2ccc(/C=C3\SC(=S)N(Cc4ccco4)C3=O)o2)cc1. The van der Waals surface area contributed by atoms with Crippen LogP contribution in [0.25, 0.3) is 17.4 Å². The third kappa shape index (κ3) is 3.77. The average molecular weight is 396 g/mol. The predicted octanol–water partition coefficient (Wildman–Crippen LogP) is 5.50. The molecule has 0 spiro atoms. The van der Waals surface area contributed by atoms with Crippen molar-refractivity contribution in [3.05, 3.63) is 76.8 Å². The molecule has 0 aliphatic carbocycles. The van der Waals surface area contributed by atoms with Gasteiger partial charge in [0.2, 0.25) is 0 Å². The molecule has 1 fully saturated rings. The lowest BCUT2D eigenvalue weighted by atomic mass is 10.1. The Bertz CT molecular complexity index is 1000. The molecular formula is C21H17NO3S2. The fourth-order valence-corrected chi connectivity index (χ4v) is 4.05. The summed E-state index contributed by atoms with van der Waals surface area (Å²) in [5.41, 5.74) is 2.29. The van der Waals surface area contributed by atoms with E-state index in [0.29, 0.717) is 27.3 Å². The van der Waals surface area contributed by atoms with Crippen LogP contribution in [-0.2, 0) is 17.8 Å². The van der Waals surface area contributed by atoms with Crippen molar-refractivity contribution in [3.63, 3.8) is 0 Å². The topological polar surface area (TPSA) is 46.6 Å². The van der Waals surface area contributed by atoms with Gasteiger partial charge in [-0.25, -0.2) is 0 Å². The van der Waals surface area contributed by atoms with Crippen molar-refractivity contribution in [3.8, 4) is 11.3 Å². The van der Waals surface area contributed by atoms with E-state index in [1.54, 1.807) is 18.4 Å². The number of hydrogen-bond donors (Lipinski definition) is 0. The number of thiocarbonyl (C=S) groups is 1. The van der Waals surface area contributed by atoms with E-state index < -0.39 is 0 Å². The van der Waals surface area contributed by atoms with Gasteiger partial charge in [-0.1, -0.05) is 55.2 Å². The number of benzene rings is 1. The normalized spacial score (nSPS) is 15.9. The summed E-state index contributed by atoms with van der Waals surface area (Å²) in [6, 6.07) is 15.7. The minimum atomic E-state index is -0.133. The first-order valence-corrected chi connectivity index (χ1v) is 9.83. The van der Waals surface area contributed by atoms with E-state index in [1.807, 2.05) is 30.3 Å². The quantitative estimate of drug-likeness (QED) is 0.421. The molecule has 1 saturated heterocycles. The van der Waals surface area contributed by atoms with Crippen molar-refractivity contribution >= 4 is 40.3 Å². The largest absolute Gasteiger partial charge is 0.467 e. The van der Waals surface area contributed by atoms with Gasteiger partial charge < -0.3 is 8.83 Å². The maximum atomic E-state index is 12.7. The standard InChI is InChI=1S/C21H17NO3S2/c1-2-14-5-7-15(8-6-14)18-10-9-16(25-18)12-19-20(23)22(21(26)27-19)13-17-4-3-11-24-17/h3-12H,2,13H2,1H3/b19-12-. The first kappa shape index (κ1) is 17.8. The molecule has 0 saturated carbocycles. The number of thioether (sulfide) groups is 1. The zero-order valence-electron chi connectivity index (χ0n) is 14.7. The Hall–Kier alpha value is -2.57. The van der Waals surface area contributed by atoms with Gasteiger partial charge in [0.25, 0.3) is 5.91 Å². The van der Waals surface area contributed by atoms with Gasteiger partial charge in [0.15, 0.2) is 0 Å². The summed E-state index contributed by atoms with van der Waals surface area (Å²) in [4.78, 5) is 14.7. The van der Waals surface area contributed by atoms with Crippen LogP contribution in [0.15, 0.2) is 68.5 Å². The second-order valence-corrected chi connectivity index (χ2v) is 7.78. The van der Waals surface area contributed by atoms with Gasteiger partial charge >= 0.3 is 0 Å². The summed E-state index contributed by atoms with van der Waals surface area (Å²) < 4.78 is 11.7. The minimum absolute atomic E-state index is 0.133. The van der Waals surface area contributed by atoms with Crippen LogP contribution in [-0.4, -0.2) is 15.1 Å². The summed E-state index contributed by atoms with van der Waals surface area (Å²) in [7, 11) is 0. The maximum Gasteiger partial charge on any atom is 0.266 e. The molecular weight excluding hydrogens is 378 g/mol. The molecule has 3 heterocycles. The van der Waals surface area contributed by atoms with E-state index in [9.17, 15) is 4.79 Å². The van der Waals surface area contributed by atoms with E-state index in [0.717, 1.165) is 17.7 Å². The van der Waals surface area contributed by atoms with E-state index in [2.05, 4.69) is 19.1 Å². The highest BCUT2D eigenvalue weighted by atomic mass is 32.2. The monoisotopic (exact) mass is 395 g/mol. The van der Waals surface area contributed by atoms with Gasteiger partial charge in [-0.2, -0.15) is 0 Å². The van der Waals surface area contributed by atoms with Crippen molar-refractivity contribution in [1.29, 1.82) is 0 Å². The molecule has 4 nitrogen and oxygen atoms in total. The molecule has 1 amide bonds. The highest BCUT2D eigenvalue weighted by Gasteiger charge is 2.32. The Labute approximate surface area is 166 Å². The number of furan rings is 2. The zero-order valence-corrected chi connectivity index (χ0v) is 16.3. The minimum Gasteiger partial charge on any atom is -0.467 e. The highest BCUT2D eigenvalue weighted by Crippen LogP contribution is 2.34. The molecule has 0 bridgehead atoms. The lowest BCUT2D eigenvalue weighted by Crippen LogP contribution is -2.27. The van der Waals surface area contributed by atoms with Crippen LogP contribution in [0, 0.1) is 0 Å². The molecule has 0 unspecified atom stereocenters. The van der Waals surface area contributed by atoms with Crippen LogP contribution in [0.4, 0.5) is 0 Å². The smallest absolute Gasteiger partial charge is 0.266 e. The van der Waals surface area contributed by atoms with E-state index in [-0.39, 0.29) is 5.91 Å². The lowest BCUT2D eigenvalue weighted by molar-refractivity contribution is -0.122. The summed E-state index contributed by atoms with van der Waals surface area (Å²) in [6.07, 6.45) is 4.33. The van der Waals surface area contributed by atoms with Crippen molar-refractivity contribution in [2.75, 3.05) is 0 Å². The van der Waals surface area contributed by atoms with Crippen molar-refractivity contribution < 1.29 is 13.6 Å². The van der Waals surface area contributed by atoms with Crippen LogP contribution in [0.5, 0.6) is 0 Å². The second kappa shape index (κ2) is 7.58. The molecule has 136 valence electrons. The number of nitrogens with zero attached hydrogens (tertiary/aromatic N) is 1. The van der Waals surface area contributed by atoms with E-state index in [1.165, 1.54) is 22.2 Å². The van der Waals surface area contributed by atoms with Crippen LogP contribution in [0.2, 0.25) is 0 Å². The summed E-state index contributed by atoms with van der Waals surface area (Å²) >= 11 is 6.62. The van der Waals surface area contributed by atoms with Crippen LogP contribution in [0.1, 0.15) is 24.0 Å². The lowest BCUT2D eigenvalue weighted by Gasteiger charge is -2.11. The Morgan fingerprint density at radius 3 is 2.67 bits per heavy atom. The number of amides is 1. The summed E-state index contributed by atoms with van der Waals surface area (Å²) in [6.45, 7) is 2.46. The Morgan fingerprint density at radius 2 is 1.96 bits per heavy atom. The Balaban J connectivity index is 1.52. The Morgan fingerprint density at radius 1 is 1.15 bits per heavy atom. The molecule has 0 N–H and O–H groups in total. The van der Waals surface area contributed by atoms with Crippen molar-refractivity contribution in [2.24, 2.45) is 0 Å². The number of hydrogen-bond acceptors (Lipinski definition) is 5. The molecule has 1 aromatic carbocycles. The van der Waals surface area contributed by atoms with Gasteiger partial charge in [-0.3, -0.25) is 9.69 Å². The van der Waals surface area contributed by atoms with Crippen LogP contribution < -0.4 is 0 Å². The van der Waals surface area contributed by atoms with E-state index in [4.69, 9.17) is 21.1 Å². The molecule has 1 aliphatic rings. The molecule has 3 aromatic rings. The maximum absolute atomic E-state index is 12.7. The molecule has 1 aliphatic heterocycles. The number of rotatable bonds is 5. The number of carbonyl (C=O) groups excluding carboxylic acids is 1. The van der Waals surface area contributed by atoms with Gasteiger partial charge in [-0.05, 0) is 36.2 Å².